The Hall–Kier alpha value is -1.32. The van der Waals surface area contributed by atoms with Crippen molar-refractivity contribution >= 4 is 15.9 Å². The summed E-state index contributed by atoms with van der Waals surface area (Å²) >= 11 is 3.41. The molecule has 2 rings (SSSR count). The molecule has 2 aromatic carbocycles. The predicted molar refractivity (Wildman–Crippen MR) is 82.3 cm³/mol. The van der Waals surface area contributed by atoms with Crippen molar-refractivity contribution in [3.05, 3.63) is 64.1 Å². The average Bonchev–Trinajstić information content (AvgIpc) is 2.37. The Labute approximate surface area is 122 Å². The Balaban J connectivity index is 2.23. The molecule has 0 aliphatic heterocycles. The van der Waals surface area contributed by atoms with E-state index in [1.165, 1.54) is 5.56 Å². The van der Waals surface area contributed by atoms with Gasteiger partial charge in [0.15, 0.2) is 0 Å². The van der Waals surface area contributed by atoms with E-state index in [9.17, 15) is 0 Å². The zero-order valence-corrected chi connectivity index (χ0v) is 12.7. The van der Waals surface area contributed by atoms with Gasteiger partial charge in [0.2, 0.25) is 0 Å². The van der Waals surface area contributed by atoms with Crippen LogP contribution in [0.2, 0.25) is 0 Å². The number of hydrogen-bond acceptors (Lipinski definition) is 2. The topological polar surface area (TPSA) is 35.2 Å². The van der Waals surface area contributed by atoms with Crippen LogP contribution in [-0.2, 0) is 0 Å². The summed E-state index contributed by atoms with van der Waals surface area (Å²) in [6, 6.07) is 16.0. The number of hydrogen-bond donors (Lipinski definition) is 1. The maximum atomic E-state index is 6.06. The van der Waals surface area contributed by atoms with Crippen LogP contribution in [0.4, 0.5) is 0 Å². The van der Waals surface area contributed by atoms with E-state index in [0.29, 0.717) is 0 Å². The lowest BCUT2D eigenvalue weighted by molar-refractivity contribution is 0.180. The van der Waals surface area contributed by atoms with E-state index in [0.717, 1.165) is 15.8 Å². The maximum absolute atomic E-state index is 6.06. The molecular formula is C16H18BrNO. The first-order valence-electron chi connectivity index (χ1n) is 6.30. The van der Waals surface area contributed by atoms with Crippen LogP contribution in [0.5, 0.6) is 5.75 Å². The van der Waals surface area contributed by atoms with Crippen molar-refractivity contribution in [2.75, 3.05) is 0 Å². The van der Waals surface area contributed by atoms with Crippen LogP contribution in [0.15, 0.2) is 53.0 Å². The molecule has 0 radical (unpaired) electrons. The molecule has 2 nitrogen and oxygen atoms in total. The average molecular weight is 320 g/mol. The van der Waals surface area contributed by atoms with Gasteiger partial charge >= 0.3 is 0 Å². The van der Waals surface area contributed by atoms with Crippen LogP contribution in [0.3, 0.4) is 0 Å². The zero-order valence-electron chi connectivity index (χ0n) is 11.1. The van der Waals surface area contributed by atoms with E-state index in [-0.39, 0.29) is 12.1 Å². The summed E-state index contributed by atoms with van der Waals surface area (Å²) in [5.41, 5.74) is 8.38. The highest BCUT2D eigenvalue weighted by Crippen LogP contribution is 2.26. The Morgan fingerprint density at radius 2 is 1.79 bits per heavy atom. The van der Waals surface area contributed by atoms with Crippen molar-refractivity contribution in [1.82, 2.24) is 0 Å². The number of halogens is 1. The van der Waals surface area contributed by atoms with Crippen LogP contribution in [0.25, 0.3) is 0 Å². The molecule has 0 aliphatic carbocycles. The highest BCUT2D eigenvalue weighted by atomic mass is 79.9. The first kappa shape index (κ1) is 14.1. The fraction of sp³-hybridized carbons (Fsp3) is 0.250. The lowest BCUT2D eigenvalue weighted by Crippen LogP contribution is -2.29. The highest BCUT2D eigenvalue weighted by Gasteiger charge is 2.18. The predicted octanol–water partition coefficient (Wildman–Crippen LogP) is 4.22. The maximum Gasteiger partial charge on any atom is 0.138 e. The van der Waals surface area contributed by atoms with Gasteiger partial charge < -0.3 is 10.5 Å². The molecule has 2 aromatic rings. The first-order chi connectivity index (χ1) is 9.06. The summed E-state index contributed by atoms with van der Waals surface area (Å²) in [5, 5.41) is 0. The molecular weight excluding hydrogens is 302 g/mol. The number of ether oxygens (including phenoxy) is 1. The Bertz CT molecular complexity index is 537. The summed E-state index contributed by atoms with van der Waals surface area (Å²) in [6.07, 6.45) is -0.138. The lowest BCUT2D eigenvalue weighted by atomic mass is 10.0. The van der Waals surface area contributed by atoms with Crippen LogP contribution in [0, 0.1) is 6.92 Å². The van der Waals surface area contributed by atoms with Crippen molar-refractivity contribution < 1.29 is 4.74 Å². The molecule has 2 N–H and O–H groups in total. The molecule has 0 saturated carbocycles. The highest BCUT2D eigenvalue weighted by molar-refractivity contribution is 9.10. The third-order valence-corrected chi connectivity index (χ3v) is 3.45. The summed E-state index contributed by atoms with van der Waals surface area (Å²) < 4.78 is 7.06. The minimum absolute atomic E-state index is 0.0783. The monoisotopic (exact) mass is 319 g/mol. The van der Waals surface area contributed by atoms with Crippen LogP contribution in [0.1, 0.15) is 24.2 Å². The van der Waals surface area contributed by atoms with Crippen LogP contribution in [-0.4, -0.2) is 6.04 Å². The van der Waals surface area contributed by atoms with Crippen molar-refractivity contribution in [2.24, 2.45) is 5.73 Å². The number of rotatable bonds is 4. The number of nitrogens with two attached hydrogens (primary N) is 1. The van der Waals surface area contributed by atoms with E-state index in [2.05, 4.69) is 41.1 Å². The molecule has 3 heteroatoms. The molecule has 0 aliphatic rings. The summed E-state index contributed by atoms with van der Waals surface area (Å²) in [5.74, 6) is 0.826. The standard InChI is InChI=1S/C16H18BrNO/c1-11-4-3-5-13(10-11)16(12(2)18)19-15-8-6-14(17)7-9-15/h3-10,12,16H,18H2,1-2H3. The number of aryl methyl sites for hydroxylation is 1. The van der Waals surface area contributed by atoms with Crippen molar-refractivity contribution in [1.29, 1.82) is 0 Å². The third-order valence-electron chi connectivity index (χ3n) is 2.92. The summed E-state index contributed by atoms with van der Waals surface area (Å²) in [6.45, 7) is 4.03. The fourth-order valence-electron chi connectivity index (χ4n) is 1.99. The van der Waals surface area contributed by atoms with E-state index in [4.69, 9.17) is 10.5 Å². The minimum Gasteiger partial charge on any atom is -0.484 e. The van der Waals surface area contributed by atoms with E-state index in [1.54, 1.807) is 0 Å². The van der Waals surface area contributed by atoms with Gasteiger partial charge in [0.1, 0.15) is 11.9 Å². The van der Waals surface area contributed by atoms with Gasteiger partial charge in [-0.1, -0.05) is 45.8 Å². The molecule has 0 heterocycles. The summed E-state index contributed by atoms with van der Waals surface area (Å²) in [4.78, 5) is 0. The molecule has 0 fully saturated rings. The van der Waals surface area contributed by atoms with Gasteiger partial charge in [-0.15, -0.1) is 0 Å². The molecule has 0 spiro atoms. The molecule has 19 heavy (non-hydrogen) atoms. The molecule has 2 unspecified atom stereocenters. The van der Waals surface area contributed by atoms with E-state index in [1.807, 2.05) is 37.3 Å². The van der Waals surface area contributed by atoms with Gasteiger partial charge in [-0.05, 0) is 43.7 Å². The van der Waals surface area contributed by atoms with Gasteiger partial charge in [0.05, 0.1) is 0 Å². The minimum atomic E-state index is -0.138. The SMILES string of the molecule is Cc1cccc(C(Oc2ccc(Br)cc2)C(C)N)c1. The van der Waals surface area contributed by atoms with Gasteiger partial charge in [-0.25, -0.2) is 0 Å². The second-order valence-electron chi connectivity index (χ2n) is 4.77. The van der Waals surface area contributed by atoms with Crippen LogP contribution >= 0.6 is 15.9 Å². The molecule has 0 amide bonds. The number of benzene rings is 2. The third kappa shape index (κ3) is 3.82. The van der Waals surface area contributed by atoms with Gasteiger partial charge in [-0.2, -0.15) is 0 Å². The van der Waals surface area contributed by atoms with Crippen LogP contribution < -0.4 is 10.5 Å². The van der Waals surface area contributed by atoms with Gasteiger partial charge in [0, 0.05) is 10.5 Å². The normalized spacial score (nSPS) is 13.9. The van der Waals surface area contributed by atoms with Gasteiger partial charge in [0.25, 0.3) is 0 Å². The quantitative estimate of drug-likeness (QED) is 0.915. The van der Waals surface area contributed by atoms with E-state index >= 15 is 0 Å². The molecule has 0 saturated heterocycles. The zero-order chi connectivity index (χ0) is 13.8. The fourth-order valence-corrected chi connectivity index (χ4v) is 2.25. The van der Waals surface area contributed by atoms with E-state index < -0.39 is 0 Å². The van der Waals surface area contributed by atoms with Gasteiger partial charge in [-0.3, -0.25) is 0 Å². The Kier molecular flexibility index (Phi) is 4.61. The second-order valence-corrected chi connectivity index (χ2v) is 5.68. The van der Waals surface area contributed by atoms with Crippen molar-refractivity contribution in [3.8, 4) is 5.75 Å². The smallest absolute Gasteiger partial charge is 0.138 e. The lowest BCUT2D eigenvalue weighted by Gasteiger charge is -2.23. The molecule has 100 valence electrons. The largest absolute Gasteiger partial charge is 0.484 e. The molecule has 2 atom stereocenters. The van der Waals surface area contributed by atoms with Crippen molar-refractivity contribution in [3.63, 3.8) is 0 Å². The Morgan fingerprint density at radius 3 is 2.37 bits per heavy atom. The molecule has 0 bridgehead atoms. The molecule has 0 aromatic heterocycles. The second kappa shape index (κ2) is 6.22. The summed E-state index contributed by atoms with van der Waals surface area (Å²) in [7, 11) is 0. The van der Waals surface area contributed by atoms with Crippen molar-refractivity contribution in [2.45, 2.75) is 26.0 Å². The Morgan fingerprint density at radius 1 is 1.11 bits per heavy atom. The first-order valence-corrected chi connectivity index (χ1v) is 7.10.